The second-order valence-electron chi connectivity index (χ2n) is 1.72. The number of carbonyl (C=O) groups is 1. The van der Waals surface area contributed by atoms with Gasteiger partial charge in [-0.3, -0.25) is 8.93 Å². The van der Waals surface area contributed by atoms with Crippen LogP contribution < -0.4 is 4.72 Å². The molecule has 1 aliphatic heterocycles. The minimum atomic E-state index is -2.58. The van der Waals surface area contributed by atoms with Crippen LogP contribution in [0.4, 0.5) is 4.79 Å². The van der Waals surface area contributed by atoms with E-state index in [0.29, 0.717) is 13.1 Å². The third-order valence-electron chi connectivity index (χ3n) is 0.988. The highest BCUT2D eigenvalue weighted by Gasteiger charge is 2.15. The van der Waals surface area contributed by atoms with Gasteiger partial charge < -0.3 is 4.55 Å². The molecular weight excluding hydrogens is 172 g/mol. The van der Waals surface area contributed by atoms with Gasteiger partial charge in [-0.1, -0.05) is 5.22 Å². The molecule has 1 aliphatic rings. The van der Waals surface area contributed by atoms with Gasteiger partial charge in [-0.05, 0) is 0 Å². The van der Waals surface area contributed by atoms with E-state index in [0.717, 1.165) is 5.01 Å². The molecule has 1 rings (SSSR count). The lowest BCUT2D eigenvalue weighted by Crippen LogP contribution is -2.36. The van der Waals surface area contributed by atoms with Crippen LogP contribution in [0, 0.1) is 0 Å². The van der Waals surface area contributed by atoms with Gasteiger partial charge in [0.2, 0.25) is 0 Å². The van der Waals surface area contributed by atoms with E-state index in [2.05, 4.69) is 10.3 Å². The van der Waals surface area contributed by atoms with Crippen LogP contribution in [0.2, 0.25) is 0 Å². The maximum absolute atomic E-state index is 10.7. The summed E-state index contributed by atoms with van der Waals surface area (Å²) in [5, 5.41) is 7.78. The fraction of sp³-hybridized carbons (Fsp3) is 0.667. The Morgan fingerprint density at radius 3 is 2.91 bits per heavy atom. The van der Waals surface area contributed by atoms with Crippen molar-refractivity contribution in [2.45, 2.75) is 0 Å². The van der Waals surface area contributed by atoms with Gasteiger partial charge in [0.05, 0.1) is 13.1 Å². The number of carbonyl (C=O) groups excluding carboxylic acids is 1. The van der Waals surface area contributed by atoms with Crippen LogP contribution in [0.15, 0.2) is 10.3 Å². The molecular formula is C3H5N4O3S-. The first kappa shape index (κ1) is 8.08. The second-order valence-corrected chi connectivity index (χ2v) is 2.39. The van der Waals surface area contributed by atoms with Crippen LogP contribution >= 0.6 is 0 Å². The Kier molecular flexibility index (Phi) is 2.49. The molecule has 7 nitrogen and oxygen atoms in total. The van der Waals surface area contributed by atoms with Gasteiger partial charge in [0.15, 0.2) is 0 Å². The average Bonchev–Trinajstić information content (AvgIpc) is 2.35. The molecule has 0 radical (unpaired) electrons. The summed E-state index contributed by atoms with van der Waals surface area (Å²) in [4.78, 5) is 10.7. The minimum Gasteiger partial charge on any atom is -0.755 e. The number of urea groups is 1. The van der Waals surface area contributed by atoms with Crippen LogP contribution in [0.1, 0.15) is 0 Å². The van der Waals surface area contributed by atoms with E-state index < -0.39 is 17.3 Å². The highest BCUT2D eigenvalue weighted by atomic mass is 32.2. The quantitative estimate of drug-likeness (QED) is 0.529. The average molecular weight is 177 g/mol. The summed E-state index contributed by atoms with van der Waals surface area (Å²) in [6, 6.07) is -0.778. The Morgan fingerprint density at radius 1 is 1.73 bits per heavy atom. The van der Waals surface area contributed by atoms with Crippen molar-refractivity contribution >= 4 is 17.3 Å². The van der Waals surface area contributed by atoms with Crippen LogP contribution in [0.25, 0.3) is 0 Å². The van der Waals surface area contributed by atoms with Gasteiger partial charge in [-0.15, -0.1) is 0 Å². The van der Waals surface area contributed by atoms with E-state index in [4.69, 9.17) is 0 Å². The molecule has 8 heteroatoms. The molecule has 0 spiro atoms. The Labute approximate surface area is 64.9 Å². The van der Waals surface area contributed by atoms with E-state index in [1.54, 1.807) is 4.72 Å². The summed E-state index contributed by atoms with van der Waals surface area (Å²) in [6.45, 7) is 0.738. The summed E-state index contributed by atoms with van der Waals surface area (Å²) in [7, 11) is 0. The second kappa shape index (κ2) is 3.39. The highest BCUT2D eigenvalue weighted by Crippen LogP contribution is 1.99. The van der Waals surface area contributed by atoms with Crippen LogP contribution in [-0.4, -0.2) is 32.9 Å². The highest BCUT2D eigenvalue weighted by molar-refractivity contribution is 7.77. The molecule has 0 aromatic heterocycles. The Morgan fingerprint density at radius 2 is 2.45 bits per heavy atom. The molecule has 1 heterocycles. The number of rotatable bonds is 1. The molecule has 0 aliphatic carbocycles. The summed E-state index contributed by atoms with van der Waals surface area (Å²) in [6.07, 6.45) is 0. The minimum absolute atomic E-state index is 0.322. The first-order valence-corrected chi connectivity index (χ1v) is 3.82. The number of nitrogens with zero attached hydrogens (tertiary/aromatic N) is 3. The Balaban J connectivity index is 2.41. The van der Waals surface area contributed by atoms with E-state index in [1.165, 1.54) is 0 Å². The molecule has 62 valence electrons. The number of hydrogen-bond acceptors (Lipinski definition) is 5. The Bertz CT molecular complexity index is 217. The number of hydrogen-bond donors (Lipinski definition) is 1. The van der Waals surface area contributed by atoms with Crippen molar-refractivity contribution in [3.63, 3.8) is 0 Å². The Hall–Kier alpha value is -1.02. The van der Waals surface area contributed by atoms with Crippen molar-refractivity contribution in [1.29, 1.82) is 0 Å². The third kappa shape index (κ3) is 2.24. The van der Waals surface area contributed by atoms with Crippen molar-refractivity contribution in [3.8, 4) is 0 Å². The lowest BCUT2D eigenvalue weighted by Gasteiger charge is -2.11. The molecule has 0 fully saturated rings. The summed E-state index contributed by atoms with van der Waals surface area (Å²) in [5.74, 6) is 0. The monoisotopic (exact) mass is 177 g/mol. The molecule has 1 atom stereocenters. The maximum atomic E-state index is 10.7. The van der Waals surface area contributed by atoms with E-state index in [1.807, 2.05) is 0 Å². The lowest BCUT2D eigenvalue weighted by atomic mass is 10.6. The lowest BCUT2D eigenvalue weighted by molar-refractivity contribution is 0.211. The molecule has 11 heavy (non-hydrogen) atoms. The SMILES string of the molecule is O=C(NS(=O)[O-])N1CCN=N1. The normalized spacial score (nSPS) is 18.5. The zero-order valence-electron chi connectivity index (χ0n) is 5.39. The maximum Gasteiger partial charge on any atom is 0.350 e. The molecule has 0 aromatic carbocycles. The van der Waals surface area contributed by atoms with Gasteiger partial charge >= 0.3 is 6.03 Å². The van der Waals surface area contributed by atoms with E-state index in [9.17, 15) is 13.6 Å². The standard InChI is InChI=1S/C3H6N4O3S/c8-3(5-11(9)10)7-2-1-4-6-7/h1-2H2,(H,5,8)(H,9,10)/p-1. The zero-order valence-corrected chi connectivity index (χ0v) is 6.21. The van der Waals surface area contributed by atoms with Crippen molar-refractivity contribution in [3.05, 3.63) is 0 Å². The number of nitrogens with one attached hydrogen (secondary N) is 1. The predicted molar refractivity (Wildman–Crippen MR) is 33.9 cm³/mol. The molecule has 0 aromatic rings. The van der Waals surface area contributed by atoms with Crippen molar-refractivity contribution in [2.24, 2.45) is 10.3 Å². The molecule has 0 bridgehead atoms. The molecule has 0 saturated carbocycles. The van der Waals surface area contributed by atoms with Crippen molar-refractivity contribution < 1.29 is 13.6 Å². The van der Waals surface area contributed by atoms with Crippen molar-refractivity contribution in [2.75, 3.05) is 13.1 Å². The summed E-state index contributed by atoms with van der Waals surface area (Å²) in [5.41, 5.74) is 0. The van der Waals surface area contributed by atoms with E-state index in [-0.39, 0.29) is 0 Å². The predicted octanol–water partition coefficient (Wildman–Crippen LogP) is -0.827. The van der Waals surface area contributed by atoms with Gasteiger partial charge in [0.25, 0.3) is 0 Å². The van der Waals surface area contributed by atoms with Crippen molar-refractivity contribution in [1.82, 2.24) is 9.73 Å². The molecule has 1 unspecified atom stereocenters. The van der Waals surface area contributed by atoms with Crippen LogP contribution in [0.5, 0.6) is 0 Å². The van der Waals surface area contributed by atoms with Crippen LogP contribution in [0.3, 0.4) is 0 Å². The van der Waals surface area contributed by atoms with Gasteiger partial charge in [0, 0.05) is 11.3 Å². The molecule has 1 N–H and O–H groups in total. The fourth-order valence-corrected chi connectivity index (χ4v) is 0.819. The summed E-state index contributed by atoms with van der Waals surface area (Å²) >= 11 is -2.58. The molecule has 0 saturated heterocycles. The topological polar surface area (TPSA) is 97.2 Å². The zero-order chi connectivity index (χ0) is 8.27. The smallest absolute Gasteiger partial charge is 0.350 e. The fourth-order valence-electron chi connectivity index (χ4n) is 0.571. The largest absolute Gasteiger partial charge is 0.755 e. The van der Waals surface area contributed by atoms with Gasteiger partial charge in [-0.25, -0.2) is 4.79 Å². The third-order valence-corrected chi connectivity index (χ3v) is 1.33. The number of amides is 2. The van der Waals surface area contributed by atoms with E-state index >= 15 is 0 Å². The van der Waals surface area contributed by atoms with Gasteiger partial charge in [-0.2, -0.15) is 10.1 Å². The van der Waals surface area contributed by atoms with Crippen LogP contribution in [-0.2, 0) is 11.3 Å². The molecule has 2 amide bonds. The first-order chi connectivity index (χ1) is 5.20. The first-order valence-electron chi connectivity index (χ1n) is 2.75. The van der Waals surface area contributed by atoms with Gasteiger partial charge in [0.1, 0.15) is 0 Å². The summed E-state index contributed by atoms with van der Waals surface area (Å²) < 4.78 is 21.5.